The molecule has 21 heavy (non-hydrogen) atoms. The van der Waals surface area contributed by atoms with Gasteiger partial charge in [-0.05, 0) is 48.2 Å². The smallest absolute Gasteiger partial charge is 0.406 e. The molecule has 0 unspecified atom stereocenters. The molecule has 0 bridgehead atoms. The van der Waals surface area contributed by atoms with Gasteiger partial charge in [0.25, 0.3) is 5.91 Å². The number of rotatable bonds is 3. The maximum absolute atomic E-state index is 12.3. The topological polar surface area (TPSA) is 32.8 Å². The number of hydrogen-bond donors (Lipinski definition) is 0. The van der Waals surface area contributed by atoms with Gasteiger partial charge in [-0.1, -0.05) is 0 Å². The van der Waals surface area contributed by atoms with Crippen LogP contribution in [0, 0.1) is 0 Å². The zero-order valence-electron chi connectivity index (χ0n) is 11.4. The number of ether oxygens (including phenoxy) is 1. The lowest BCUT2D eigenvalue weighted by Gasteiger charge is -2.42. The summed E-state index contributed by atoms with van der Waals surface area (Å²) in [5.74, 6) is -0.716. The van der Waals surface area contributed by atoms with Crippen LogP contribution in [0.3, 0.4) is 0 Å². The number of halogens is 4. The van der Waals surface area contributed by atoms with Crippen molar-refractivity contribution in [3.8, 4) is 5.75 Å². The van der Waals surface area contributed by atoms with Crippen LogP contribution < -0.4 is 4.74 Å². The van der Waals surface area contributed by atoms with Crippen LogP contribution in [-0.4, -0.2) is 55.3 Å². The summed E-state index contributed by atoms with van der Waals surface area (Å²) in [6.07, 6.45) is -4.78. The summed E-state index contributed by atoms with van der Waals surface area (Å²) < 4.78 is 40.9. The van der Waals surface area contributed by atoms with Crippen LogP contribution in [-0.2, 0) is 0 Å². The fourth-order valence-corrected chi connectivity index (χ4v) is 2.40. The van der Waals surface area contributed by atoms with Crippen LogP contribution in [0.5, 0.6) is 5.75 Å². The Bertz CT molecular complexity index is 543. The van der Waals surface area contributed by atoms with E-state index in [0.29, 0.717) is 17.6 Å². The van der Waals surface area contributed by atoms with Gasteiger partial charge in [0.05, 0.1) is 5.56 Å². The van der Waals surface area contributed by atoms with E-state index in [1.807, 2.05) is 19.0 Å². The van der Waals surface area contributed by atoms with E-state index in [1.165, 1.54) is 6.07 Å². The first-order chi connectivity index (χ1) is 9.67. The third-order valence-corrected chi connectivity index (χ3v) is 3.97. The van der Waals surface area contributed by atoms with Gasteiger partial charge in [-0.15, -0.1) is 13.2 Å². The lowest BCUT2D eigenvalue weighted by atomic mass is 10.1. The molecule has 1 aromatic rings. The molecule has 116 valence electrons. The second-order valence-corrected chi connectivity index (χ2v) is 5.87. The van der Waals surface area contributed by atoms with Crippen molar-refractivity contribution in [3.63, 3.8) is 0 Å². The Morgan fingerprint density at radius 3 is 2.52 bits per heavy atom. The van der Waals surface area contributed by atoms with Crippen molar-refractivity contribution in [2.75, 3.05) is 27.2 Å². The molecule has 1 aromatic carbocycles. The number of carbonyl (C=O) groups excluding carboxylic acids is 1. The molecule has 1 aliphatic heterocycles. The predicted octanol–water partition coefficient (Wildman–Crippen LogP) is 2.73. The summed E-state index contributed by atoms with van der Waals surface area (Å²) >= 11 is 3.18. The molecule has 0 aliphatic carbocycles. The van der Waals surface area contributed by atoms with Gasteiger partial charge in [0.15, 0.2) is 0 Å². The number of likely N-dealkylation sites (tertiary alicyclic amines) is 1. The molecule has 8 heteroatoms. The molecule has 1 aliphatic rings. The fraction of sp³-hybridized carbons (Fsp3) is 0.462. The van der Waals surface area contributed by atoms with Gasteiger partial charge in [0, 0.05) is 23.6 Å². The maximum atomic E-state index is 12.3. The van der Waals surface area contributed by atoms with Crippen LogP contribution in [0.15, 0.2) is 22.7 Å². The number of nitrogens with zero attached hydrogens (tertiary/aromatic N) is 2. The van der Waals surface area contributed by atoms with Crippen molar-refractivity contribution in [1.29, 1.82) is 0 Å². The van der Waals surface area contributed by atoms with Crippen molar-refractivity contribution >= 4 is 21.8 Å². The number of alkyl halides is 3. The zero-order chi connectivity index (χ0) is 15.8. The molecular formula is C13H14BrF3N2O2. The van der Waals surface area contributed by atoms with E-state index in [2.05, 4.69) is 20.7 Å². The largest absolute Gasteiger partial charge is 0.573 e. The highest BCUT2D eigenvalue weighted by Crippen LogP contribution is 2.29. The highest BCUT2D eigenvalue weighted by atomic mass is 79.9. The molecule has 1 amide bonds. The Labute approximate surface area is 128 Å². The summed E-state index contributed by atoms with van der Waals surface area (Å²) in [5.41, 5.74) is 0.161. The van der Waals surface area contributed by atoms with E-state index >= 15 is 0 Å². The predicted molar refractivity (Wildman–Crippen MR) is 74.2 cm³/mol. The van der Waals surface area contributed by atoms with E-state index in [9.17, 15) is 18.0 Å². The van der Waals surface area contributed by atoms with Crippen molar-refractivity contribution < 1.29 is 22.7 Å². The Morgan fingerprint density at radius 1 is 1.38 bits per heavy atom. The molecule has 0 atom stereocenters. The standard InChI is InChI=1S/C13H14BrF3N2O2/c1-18(2)8-6-19(7-8)12(20)10-5-9(3-4-11(10)14)21-13(15,16)17/h3-5,8H,6-7H2,1-2H3. The third-order valence-electron chi connectivity index (χ3n) is 3.28. The van der Waals surface area contributed by atoms with E-state index in [4.69, 9.17) is 0 Å². The van der Waals surface area contributed by atoms with E-state index in [1.54, 1.807) is 4.90 Å². The minimum Gasteiger partial charge on any atom is -0.406 e. The van der Waals surface area contributed by atoms with Gasteiger partial charge >= 0.3 is 6.36 Å². The molecule has 4 nitrogen and oxygen atoms in total. The lowest BCUT2D eigenvalue weighted by molar-refractivity contribution is -0.274. The first-order valence-corrected chi connectivity index (χ1v) is 6.97. The van der Waals surface area contributed by atoms with Gasteiger partial charge < -0.3 is 14.5 Å². The summed E-state index contributed by atoms with van der Waals surface area (Å²) in [5, 5.41) is 0. The van der Waals surface area contributed by atoms with E-state index in [-0.39, 0.29) is 17.5 Å². The highest BCUT2D eigenvalue weighted by Gasteiger charge is 2.34. The SMILES string of the molecule is CN(C)C1CN(C(=O)c2cc(OC(F)(F)F)ccc2Br)C1. The Hall–Kier alpha value is -1.28. The number of amides is 1. The van der Waals surface area contributed by atoms with Crippen LogP contribution in [0.1, 0.15) is 10.4 Å². The average molecular weight is 367 g/mol. The summed E-state index contributed by atoms with van der Waals surface area (Å²) in [7, 11) is 3.83. The quantitative estimate of drug-likeness (QED) is 0.824. The van der Waals surface area contributed by atoms with Crippen molar-refractivity contribution in [2.24, 2.45) is 0 Å². The second-order valence-electron chi connectivity index (χ2n) is 5.02. The summed E-state index contributed by atoms with van der Waals surface area (Å²) in [6, 6.07) is 3.91. The molecule has 1 heterocycles. The molecule has 0 radical (unpaired) electrons. The lowest BCUT2D eigenvalue weighted by Crippen LogP contribution is -2.59. The minimum atomic E-state index is -4.78. The normalized spacial score (nSPS) is 16.0. The van der Waals surface area contributed by atoms with Gasteiger partial charge in [-0.25, -0.2) is 0 Å². The van der Waals surface area contributed by atoms with Crippen LogP contribution in [0.2, 0.25) is 0 Å². The molecule has 0 spiro atoms. The van der Waals surface area contributed by atoms with E-state index < -0.39 is 12.1 Å². The van der Waals surface area contributed by atoms with E-state index in [0.717, 1.165) is 12.1 Å². The number of hydrogen-bond acceptors (Lipinski definition) is 3. The monoisotopic (exact) mass is 366 g/mol. The molecule has 1 saturated heterocycles. The van der Waals surface area contributed by atoms with Gasteiger partial charge in [0.2, 0.25) is 0 Å². The summed E-state index contributed by atoms with van der Waals surface area (Å²) in [6.45, 7) is 1.12. The average Bonchev–Trinajstić information content (AvgIpc) is 2.27. The highest BCUT2D eigenvalue weighted by molar-refractivity contribution is 9.10. The van der Waals surface area contributed by atoms with Gasteiger partial charge in [-0.3, -0.25) is 4.79 Å². The number of likely N-dealkylation sites (N-methyl/N-ethyl adjacent to an activating group) is 1. The Morgan fingerprint density at radius 2 is 2.00 bits per heavy atom. The second kappa shape index (κ2) is 5.84. The van der Waals surface area contributed by atoms with Crippen molar-refractivity contribution in [1.82, 2.24) is 9.80 Å². The van der Waals surface area contributed by atoms with Crippen LogP contribution >= 0.6 is 15.9 Å². The maximum Gasteiger partial charge on any atom is 0.573 e. The molecule has 2 rings (SSSR count). The van der Waals surface area contributed by atoms with Crippen LogP contribution in [0.25, 0.3) is 0 Å². The van der Waals surface area contributed by atoms with Crippen LogP contribution in [0.4, 0.5) is 13.2 Å². The Balaban J connectivity index is 2.12. The van der Waals surface area contributed by atoms with Crippen molar-refractivity contribution in [2.45, 2.75) is 12.4 Å². The van der Waals surface area contributed by atoms with Gasteiger partial charge in [-0.2, -0.15) is 0 Å². The van der Waals surface area contributed by atoms with Crippen molar-refractivity contribution in [3.05, 3.63) is 28.2 Å². The number of carbonyl (C=O) groups is 1. The fourth-order valence-electron chi connectivity index (χ4n) is 1.98. The first-order valence-electron chi connectivity index (χ1n) is 6.18. The first kappa shape index (κ1) is 16.1. The molecule has 0 saturated carbocycles. The van der Waals surface area contributed by atoms with Gasteiger partial charge in [0.1, 0.15) is 5.75 Å². The third kappa shape index (κ3) is 3.88. The zero-order valence-corrected chi connectivity index (χ0v) is 13.0. The summed E-state index contributed by atoms with van der Waals surface area (Å²) in [4.78, 5) is 15.9. The minimum absolute atomic E-state index is 0.161. The number of benzene rings is 1. The molecule has 0 aromatic heterocycles. The molecule has 1 fully saturated rings. The molecule has 0 N–H and O–H groups in total. The Kier molecular flexibility index (Phi) is 4.48. The molecular weight excluding hydrogens is 353 g/mol.